The largest absolute Gasteiger partial charge is 0.489 e. The van der Waals surface area contributed by atoms with Gasteiger partial charge in [0.05, 0.1) is 0 Å². The van der Waals surface area contributed by atoms with E-state index in [0.717, 1.165) is 35.3 Å². The van der Waals surface area contributed by atoms with Crippen LogP contribution in [0, 0.1) is 0 Å². The molecular formula is C23H28O4. The molecule has 4 heteroatoms. The smallest absolute Gasteiger partial charge is 0.333 e. The van der Waals surface area contributed by atoms with Gasteiger partial charge in [0.25, 0.3) is 0 Å². The second kappa shape index (κ2) is 10.5. The highest BCUT2D eigenvalue weighted by Gasteiger charge is 2.09. The number of benzene rings is 2. The zero-order chi connectivity index (χ0) is 19.6. The van der Waals surface area contributed by atoms with Gasteiger partial charge in [0, 0.05) is 17.7 Å². The summed E-state index contributed by atoms with van der Waals surface area (Å²) in [4.78, 5) is 11.5. The van der Waals surface area contributed by atoms with Crippen LogP contribution in [0.25, 0.3) is 11.1 Å². The molecule has 0 aromatic heterocycles. The maximum Gasteiger partial charge on any atom is 0.333 e. The number of carbonyl (C=O) groups is 1. The predicted molar refractivity (Wildman–Crippen MR) is 108 cm³/mol. The third kappa shape index (κ3) is 6.26. The van der Waals surface area contributed by atoms with Crippen LogP contribution in [0.15, 0.2) is 54.6 Å². The molecule has 0 bridgehead atoms. The molecular weight excluding hydrogens is 340 g/mol. The maximum absolute atomic E-state index is 11.5. The van der Waals surface area contributed by atoms with Crippen molar-refractivity contribution in [2.75, 3.05) is 19.8 Å². The second-order valence-electron chi connectivity index (χ2n) is 6.52. The first-order valence-corrected chi connectivity index (χ1v) is 9.33. The summed E-state index contributed by atoms with van der Waals surface area (Å²) in [5.41, 5.74) is 4.73. The Hall–Kier alpha value is -2.59. The lowest BCUT2D eigenvalue weighted by molar-refractivity contribution is -0.139. The first-order chi connectivity index (χ1) is 13.0. The van der Waals surface area contributed by atoms with Crippen molar-refractivity contribution in [1.82, 2.24) is 0 Å². The Morgan fingerprint density at radius 3 is 2.37 bits per heavy atom. The number of aryl methyl sites for hydroxylation is 1. The van der Waals surface area contributed by atoms with Crippen LogP contribution in [0.3, 0.4) is 0 Å². The van der Waals surface area contributed by atoms with Crippen molar-refractivity contribution in [3.05, 3.63) is 65.7 Å². The zero-order valence-electron chi connectivity index (χ0n) is 16.2. The monoisotopic (exact) mass is 368 g/mol. The molecule has 0 fully saturated rings. The van der Waals surface area contributed by atoms with E-state index in [1.165, 1.54) is 5.56 Å². The molecule has 2 aromatic rings. The lowest BCUT2D eigenvalue weighted by Crippen LogP contribution is -2.12. The molecule has 0 saturated heterocycles. The van der Waals surface area contributed by atoms with E-state index >= 15 is 0 Å². The van der Waals surface area contributed by atoms with Crippen LogP contribution in [-0.4, -0.2) is 30.9 Å². The van der Waals surface area contributed by atoms with Crippen molar-refractivity contribution in [3.63, 3.8) is 0 Å². The van der Waals surface area contributed by atoms with E-state index in [9.17, 15) is 9.90 Å². The minimum absolute atomic E-state index is 0.0841. The average Bonchev–Trinajstić information content (AvgIpc) is 2.66. The Kier molecular flexibility index (Phi) is 8.08. The Bertz CT molecular complexity index is 762. The quantitative estimate of drug-likeness (QED) is 0.385. The number of hydrogen-bond donors (Lipinski definition) is 1. The van der Waals surface area contributed by atoms with E-state index < -0.39 is 5.97 Å². The Morgan fingerprint density at radius 1 is 1.04 bits per heavy atom. The summed E-state index contributed by atoms with van der Waals surface area (Å²) in [5, 5.41) is 9.20. The standard InChI is InChI=1S/C23H28O4/c1-4-5-18-6-9-20(10-7-18)21-11-8-19(12-13-24)16-22(21)26-14-15-27-23(25)17(2)3/h6-11,16,24H,2,4-5,12-15H2,1,3H3. The average molecular weight is 368 g/mol. The molecule has 0 spiro atoms. The molecule has 0 radical (unpaired) electrons. The van der Waals surface area contributed by atoms with Crippen LogP contribution < -0.4 is 4.74 Å². The molecule has 0 amide bonds. The third-order valence-corrected chi connectivity index (χ3v) is 4.17. The maximum atomic E-state index is 11.5. The minimum atomic E-state index is -0.417. The van der Waals surface area contributed by atoms with E-state index in [-0.39, 0.29) is 19.8 Å². The molecule has 1 N–H and O–H groups in total. The van der Waals surface area contributed by atoms with Crippen molar-refractivity contribution in [3.8, 4) is 16.9 Å². The fourth-order valence-corrected chi connectivity index (χ4v) is 2.76. The summed E-state index contributed by atoms with van der Waals surface area (Å²) < 4.78 is 11.0. The van der Waals surface area contributed by atoms with E-state index in [2.05, 4.69) is 37.8 Å². The van der Waals surface area contributed by atoms with E-state index in [1.54, 1.807) is 6.92 Å². The van der Waals surface area contributed by atoms with Gasteiger partial charge in [0.15, 0.2) is 0 Å². The fraction of sp³-hybridized carbons (Fsp3) is 0.348. The van der Waals surface area contributed by atoms with Crippen molar-refractivity contribution in [2.24, 2.45) is 0 Å². The Balaban J connectivity index is 2.15. The van der Waals surface area contributed by atoms with Crippen molar-refractivity contribution < 1.29 is 19.4 Å². The highest BCUT2D eigenvalue weighted by atomic mass is 16.6. The number of aliphatic hydroxyl groups excluding tert-OH is 1. The Morgan fingerprint density at radius 2 is 1.74 bits per heavy atom. The molecule has 0 aliphatic rings. The summed E-state index contributed by atoms with van der Waals surface area (Å²) in [6, 6.07) is 14.4. The summed E-state index contributed by atoms with van der Waals surface area (Å²) in [7, 11) is 0. The molecule has 0 atom stereocenters. The van der Waals surface area contributed by atoms with E-state index in [0.29, 0.717) is 12.0 Å². The highest BCUT2D eigenvalue weighted by molar-refractivity contribution is 5.86. The van der Waals surface area contributed by atoms with Gasteiger partial charge in [-0.3, -0.25) is 0 Å². The van der Waals surface area contributed by atoms with Crippen LogP contribution in [0.2, 0.25) is 0 Å². The number of hydrogen-bond acceptors (Lipinski definition) is 4. The molecule has 2 rings (SSSR count). The van der Waals surface area contributed by atoms with Gasteiger partial charge in [-0.25, -0.2) is 4.79 Å². The molecule has 0 aliphatic carbocycles. The first kappa shape index (κ1) is 20.7. The first-order valence-electron chi connectivity index (χ1n) is 9.33. The highest BCUT2D eigenvalue weighted by Crippen LogP contribution is 2.31. The third-order valence-electron chi connectivity index (χ3n) is 4.17. The van der Waals surface area contributed by atoms with Crippen molar-refractivity contribution in [2.45, 2.75) is 33.1 Å². The molecule has 0 unspecified atom stereocenters. The predicted octanol–water partition coefficient (Wildman–Crippen LogP) is 4.34. The van der Waals surface area contributed by atoms with E-state index in [1.807, 2.05) is 18.2 Å². The van der Waals surface area contributed by atoms with Crippen molar-refractivity contribution >= 4 is 5.97 Å². The molecule has 0 aliphatic heterocycles. The van der Waals surface area contributed by atoms with Gasteiger partial charge >= 0.3 is 5.97 Å². The summed E-state index contributed by atoms with van der Waals surface area (Å²) >= 11 is 0. The van der Waals surface area contributed by atoms with Crippen LogP contribution >= 0.6 is 0 Å². The number of rotatable bonds is 10. The molecule has 144 valence electrons. The summed E-state index contributed by atoms with van der Waals surface area (Å²) in [6.45, 7) is 7.83. The van der Waals surface area contributed by atoms with Crippen LogP contribution in [0.5, 0.6) is 5.75 Å². The van der Waals surface area contributed by atoms with Gasteiger partial charge in [-0.2, -0.15) is 0 Å². The summed E-state index contributed by atoms with van der Waals surface area (Å²) in [5.74, 6) is 0.301. The SMILES string of the molecule is C=C(C)C(=O)OCCOc1cc(CCO)ccc1-c1ccc(CCC)cc1. The molecule has 0 heterocycles. The van der Waals surface area contributed by atoms with Gasteiger partial charge in [-0.05, 0) is 42.5 Å². The lowest BCUT2D eigenvalue weighted by atomic mass is 9.99. The number of aliphatic hydroxyl groups is 1. The van der Waals surface area contributed by atoms with Gasteiger partial charge in [-0.15, -0.1) is 0 Å². The van der Waals surface area contributed by atoms with Gasteiger partial charge in [0.1, 0.15) is 19.0 Å². The Labute approximate surface area is 161 Å². The lowest BCUT2D eigenvalue weighted by Gasteiger charge is -2.14. The van der Waals surface area contributed by atoms with Crippen LogP contribution in [0.1, 0.15) is 31.4 Å². The van der Waals surface area contributed by atoms with E-state index in [4.69, 9.17) is 9.47 Å². The number of carbonyl (C=O) groups excluding carboxylic acids is 1. The fourth-order valence-electron chi connectivity index (χ4n) is 2.76. The minimum Gasteiger partial charge on any atom is -0.489 e. The zero-order valence-corrected chi connectivity index (χ0v) is 16.2. The van der Waals surface area contributed by atoms with Crippen LogP contribution in [0.4, 0.5) is 0 Å². The van der Waals surface area contributed by atoms with Gasteiger partial charge < -0.3 is 14.6 Å². The molecule has 2 aromatic carbocycles. The molecule has 4 nitrogen and oxygen atoms in total. The number of ether oxygens (including phenoxy) is 2. The number of esters is 1. The second-order valence-corrected chi connectivity index (χ2v) is 6.52. The molecule has 27 heavy (non-hydrogen) atoms. The van der Waals surface area contributed by atoms with Gasteiger partial charge in [0.2, 0.25) is 0 Å². The van der Waals surface area contributed by atoms with Gasteiger partial charge in [-0.1, -0.05) is 56.3 Å². The summed E-state index contributed by atoms with van der Waals surface area (Å²) in [6.07, 6.45) is 2.75. The van der Waals surface area contributed by atoms with Crippen LogP contribution in [-0.2, 0) is 22.4 Å². The molecule has 0 saturated carbocycles. The van der Waals surface area contributed by atoms with Crippen molar-refractivity contribution in [1.29, 1.82) is 0 Å². The normalized spacial score (nSPS) is 10.5. The topological polar surface area (TPSA) is 55.8 Å².